The Bertz CT molecular complexity index is 1470. The van der Waals surface area contributed by atoms with Crippen molar-refractivity contribution in [3.63, 3.8) is 0 Å². The number of sulfonamides is 1. The zero-order valence-corrected chi connectivity index (χ0v) is 25.9. The zero-order chi connectivity index (χ0) is 29.8. The second-order valence-corrected chi connectivity index (χ2v) is 13.5. The molecule has 1 N–H and O–H groups in total. The number of anilines is 1. The quantitative estimate of drug-likeness (QED) is 0.318. The molecule has 7 nitrogen and oxygen atoms in total. The molecule has 0 radical (unpaired) electrons. The molecule has 0 bridgehead atoms. The molecule has 0 heterocycles. The number of hydrogen-bond donors (Lipinski definition) is 1. The molecule has 214 valence electrons. The molecule has 1 atom stereocenters. The van der Waals surface area contributed by atoms with Crippen LogP contribution in [0.15, 0.2) is 71.6 Å². The standard InChI is InChI=1S/C30H35Cl2N3O4S/c1-20-10-16-25(17-11-20)40(38,39)35(27-9-7-8-26(32)21(27)2)19-28(36)34(18-23-12-14-24(31)15-13-23)22(3)29(37)33-30(4,5)6/h7-17,22H,18-19H2,1-6H3,(H,33,37)/t22-/m1/s1. The number of benzene rings is 3. The van der Waals surface area contributed by atoms with Crippen molar-refractivity contribution in [2.24, 2.45) is 0 Å². The number of nitrogens with zero attached hydrogens (tertiary/aromatic N) is 2. The average molecular weight is 605 g/mol. The lowest BCUT2D eigenvalue weighted by Crippen LogP contribution is -2.54. The Kier molecular flexibility index (Phi) is 9.93. The first kappa shape index (κ1) is 31.5. The van der Waals surface area contributed by atoms with E-state index in [1.807, 2.05) is 27.7 Å². The predicted octanol–water partition coefficient (Wildman–Crippen LogP) is 6.14. The van der Waals surface area contributed by atoms with Crippen molar-refractivity contribution >= 4 is 50.7 Å². The van der Waals surface area contributed by atoms with E-state index in [-0.39, 0.29) is 23.0 Å². The van der Waals surface area contributed by atoms with E-state index in [1.54, 1.807) is 68.4 Å². The number of aryl methyl sites for hydroxylation is 1. The molecule has 3 aromatic rings. The Hall–Kier alpha value is -3.07. The van der Waals surface area contributed by atoms with Gasteiger partial charge < -0.3 is 10.2 Å². The average Bonchev–Trinajstić information content (AvgIpc) is 2.87. The highest BCUT2D eigenvalue weighted by Gasteiger charge is 2.34. The van der Waals surface area contributed by atoms with Gasteiger partial charge in [-0.25, -0.2) is 8.42 Å². The molecule has 0 saturated heterocycles. The molecule has 2 amide bonds. The first-order chi connectivity index (χ1) is 18.6. The summed E-state index contributed by atoms with van der Waals surface area (Å²) in [6.07, 6.45) is 0. The largest absolute Gasteiger partial charge is 0.350 e. The number of rotatable bonds is 9. The first-order valence-electron chi connectivity index (χ1n) is 12.8. The molecule has 0 fully saturated rings. The van der Waals surface area contributed by atoms with E-state index in [4.69, 9.17) is 23.2 Å². The summed E-state index contributed by atoms with van der Waals surface area (Å²) < 4.78 is 29.0. The SMILES string of the molecule is Cc1ccc(S(=O)(=O)N(CC(=O)N(Cc2ccc(Cl)cc2)[C@H](C)C(=O)NC(C)(C)C)c2cccc(Cl)c2C)cc1. The fourth-order valence-electron chi connectivity index (χ4n) is 4.06. The van der Waals surface area contributed by atoms with E-state index in [2.05, 4.69) is 5.32 Å². The summed E-state index contributed by atoms with van der Waals surface area (Å²) in [5, 5.41) is 3.81. The summed E-state index contributed by atoms with van der Waals surface area (Å²) in [6, 6.07) is 17.3. The van der Waals surface area contributed by atoms with Crippen LogP contribution in [0.2, 0.25) is 10.0 Å². The molecule has 10 heteroatoms. The second-order valence-electron chi connectivity index (χ2n) is 10.8. The van der Waals surface area contributed by atoms with Gasteiger partial charge in [-0.05, 0) is 89.1 Å². The fourth-order valence-corrected chi connectivity index (χ4v) is 5.83. The summed E-state index contributed by atoms with van der Waals surface area (Å²) in [5.74, 6) is -0.914. The number of amides is 2. The van der Waals surface area contributed by atoms with Gasteiger partial charge in [-0.3, -0.25) is 13.9 Å². The minimum absolute atomic E-state index is 0.0352. The maximum absolute atomic E-state index is 14.0. The van der Waals surface area contributed by atoms with Crippen molar-refractivity contribution in [2.45, 2.75) is 64.6 Å². The summed E-state index contributed by atoms with van der Waals surface area (Å²) in [4.78, 5) is 28.6. The number of hydrogen-bond acceptors (Lipinski definition) is 4. The van der Waals surface area contributed by atoms with E-state index in [0.717, 1.165) is 15.4 Å². The molecular weight excluding hydrogens is 569 g/mol. The lowest BCUT2D eigenvalue weighted by atomic mass is 10.1. The minimum Gasteiger partial charge on any atom is -0.350 e. The smallest absolute Gasteiger partial charge is 0.264 e. The van der Waals surface area contributed by atoms with Gasteiger partial charge >= 0.3 is 0 Å². The first-order valence-corrected chi connectivity index (χ1v) is 15.0. The van der Waals surface area contributed by atoms with Crippen molar-refractivity contribution in [3.05, 3.63) is 93.5 Å². The van der Waals surface area contributed by atoms with Crippen LogP contribution < -0.4 is 9.62 Å². The van der Waals surface area contributed by atoms with Gasteiger partial charge in [0.15, 0.2) is 0 Å². The molecule has 3 rings (SSSR count). The highest BCUT2D eigenvalue weighted by atomic mass is 35.5. The lowest BCUT2D eigenvalue weighted by Gasteiger charge is -2.34. The van der Waals surface area contributed by atoms with Crippen LogP contribution in [-0.2, 0) is 26.2 Å². The van der Waals surface area contributed by atoms with E-state index >= 15 is 0 Å². The monoisotopic (exact) mass is 603 g/mol. The molecule has 3 aromatic carbocycles. The maximum Gasteiger partial charge on any atom is 0.264 e. The number of nitrogens with one attached hydrogen (secondary N) is 1. The van der Waals surface area contributed by atoms with Crippen LogP contribution in [0.1, 0.15) is 44.4 Å². The summed E-state index contributed by atoms with van der Waals surface area (Å²) >= 11 is 12.4. The normalized spacial score (nSPS) is 12.5. The Balaban J connectivity index is 2.08. The second kappa shape index (κ2) is 12.6. The van der Waals surface area contributed by atoms with E-state index in [0.29, 0.717) is 15.6 Å². The topological polar surface area (TPSA) is 86.8 Å². The third kappa shape index (κ3) is 7.77. The molecule has 0 aliphatic rings. The van der Waals surface area contributed by atoms with Gasteiger partial charge in [0.25, 0.3) is 10.0 Å². The van der Waals surface area contributed by atoms with Gasteiger partial charge in [-0.2, -0.15) is 0 Å². The highest BCUT2D eigenvalue weighted by molar-refractivity contribution is 7.92. The van der Waals surface area contributed by atoms with Gasteiger partial charge in [-0.15, -0.1) is 0 Å². The van der Waals surface area contributed by atoms with Gasteiger partial charge in [0, 0.05) is 22.1 Å². The Morgan fingerprint density at radius 1 is 0.925 bits per heavy atom. The van der Waals surface area contributed by atoms with Crippen molar-refractivity contribution in [1.29, 1.82) is 0 Å². The molecule has 0 aromatic heterocycles. The van der Waals surface area contributed by atoms with Gasteiger partial charge in [0.2, 0.25) is 11.8 Å². The van der Waals surface area contributed by atoms with Crippen LogP contribution in [-0.4, -0.2) is 43.3 Å². The molecule has 0 unspecified atom stereocenters. The van der Waals surface area contributed by atoms with E-state index < -0.39 is 34.1 Å². The van der Waals surface area contributed by atoms with E-state index in [9.17, 15) is 18.0 Å². The lowest BCUT2D eigenvalue weighted by molar-refractivity contribution is -0.140. The molecule has 0 aliphatic carbocycles. The Morgan fingerprint density at radius 3 is 2.10 bits per heavy atom. The number of halogens is 2. The predicted molar refractivity (Wildman–Crippen MR) is 161 cm³/mol. The van der Waals surface area contributed by atoms with Crippen LogP contribution in [0.3, 0.4) is 0 Å². The minimum atomic E-state index is -4.18. The van der Waals surface area contributed by atoms with Crippen LogP contribution in [0, 0.1) is 13.8 Å². The molecule has 0 saturated carbocycles. The van der Waals surface area contributed by atoms with Gasteiger partial charge in [-0.1, -0.05) is 59.1 Å². The summed E-state index contributed by atoms with van der Waals surface area (Å²) in [7, 11) is -4.18. The third-order valence-corrected chi connectivity index (χ3v) is 8.76. The molecule has 0 aliphatic heterocycles. The van der Waals surface area contributed by atoms with Crippen molar-refractivity contribution in [1.82, 2.24) is 10.2 Å². The summed E-state index contributed by atoms with van der Waals surface area (Å²) in [5.41, 5.74) is 1.89. The van der Waals surface area contributed by atoms with Crippen LogP contribution >= 0.6 is 23.2 Å². The van der Waals surface area contributed by atoms with Gasteiger partial charge in [0.1, 0.15) is 12.6 Å². The molecule has 0 spiro atoms. The van der Waals surface area contributed by atoms with Crippen LogP contribution in [0.25, 0.3) is 0 Å². The van der Waals surface area contributed by atoms with Crippen LogP contribution in [0.4, 0.5) is 5.69 Å². The maximum atomic E-state index is 14.0. The van der Waals surface area contributed by atoms with Gasteiger partial charge in [0.05, 0.1) is 10.6 Å². The summed E-state index contributed by atoms with van der Waals surface area (Å²) in [6.45, 7) is 10.3. The highest BCUT2D eigenvalue weighted by Crippen LogP contribution is 2.31. The van der Waals surface area contributed by atoms with Crippen LogP contribution in [0.5, 0.6) is 0 Å². The van der Waals surface area contributed by atoms with Crippen molar-refractivity contribution in [2.75, 3.05) is 10.8 Å². The third-order valence-electron chi connectivity index (χ3n) is 6.33. The Morgan fingerprint density at radius 2 is 1.52 bits per heavy atom. The number of carbonyl (C=O) groups excluding carboxylic acids is 2. The zero-order valence-electron chi connectivity index (χ0n) is 23.5. The van der Waals surface area contributed by atoms with E-state index in [1.165, 1.54) is 17.0 Å². The Labute approximate surface area is 247 Å². The molecular formula is C30H35Cl2N3O4S. The van der Waals surface area contributed by atoms with Crippen molar-refractivity contribution < 1.29 is 18.0 Å². The van der Waals surface area contributed by atoms with Crippen molar-refractivity contribution in [3.8, 4) is 0 Å². The number of carbonyl (C=O) groups is 2. The fraction of sp³-hybridized carbons (Fsp3) is 0.333. The molecule has 40 heavy (non-hydrogen) atoms.